The van der Waals surface area contributed by atoms with Crippen molar-refractivity contribution in [2.75, 3.05) is 0 Å². The smallest absolute Gasteiger partial charge is 0.124 e. The average molecular weight is 395 g/mol. The molecule has 5 rings (SSSR count). The zero-order chi connectivity index (χ0) is 20.3. The fourth-order valence-electron chi connectivity index (χ4n) is 3.96. The minimum absolute atomic E-state index is 0.216. The van der Waals surface area contributed by atoms with Crippen molar-refractivity contribution in [1.29, 1.82) is 0 Å². The first kappa shape index (κ1) is 18.5. The molecule has 0 atom stereocenters. The molecule has 0 bridgehead atoms. The predicted octanol–water partition coefficient (Wildman–Crippen LogP) is 5.67. The van der Waals surface area contributed by atoms with E-state index in [4.69, 9.17) is 4.98 Å². The van der Waals surface area contributed by atoms with Crippen LogP contribution >= 0.6 is 0 Å². The van der Waals surface area contributed by atoms with Gasteiger partial charge in [0, 0.05) is 13.1 Å². The van der Waals surface area contributed by atoms with Crippen molar-refractivity contribution in [3.8, 4) is 0 Å². The minimum Gasteiger partial charge on any atom is -0.322 e. The molecule has 30 heavy (non-hydrogen) atoms. The highest BCUT2D eigenvalue weighted by Crippen LogP contribution is 2.20. The number of fused-ring (bicyclic) bond motifs is 2. The van der Waals surface area contributed by atoms with Crippen LogP contribution < -0.4 is 5.32 Å². The normalized spacial score (nSPS) is 11.4. The summed E-state index contributed by atoms with van der Waals surface area (Å²) in [6.45, 7) is 2.08. The van der Waals surface area contributed by atoms with Crippen LogP contribution in [0, 0.1) is 5.82 Å². The third-order valence-corrected chi connectivity index (χ3v) is 5.47. The molecule has 3 nitrogen and oxygen atoms in total. The van der Waals surface area contributed by atoms with E-state index in [0.29, 0.717) is 13.1 Å². The van der Waals surface area contributed by atoms with E-state index in [1.807, 2.05) is 30.3 Å². The molecule has 0 aliphatic rings. The number of imidazole rings is 1. The maximum absolute atomic E-state index is 13.3. The molecular formula is C26H22FN3. The topological polar surface area (TPSA) is 29.9 Å². The first-order valence-corrected chi connectivity index (χ1v) is 10.1. The Balaban J connectivity index is 1.40. The molecule has 0 aliphatic carbocycles. The van der Waals surface area contributed by atoms with Crippen molar-refractivity contribution >= 4 is 21.8 Å². The standard InChI is InChI=1S/C26H22FN3/c27-22-14-12-19(13-15-22)18-30-25-11-4-3-10-24(25)29-26(30)17-28-16-21-8-5-7-20-6-1-2-9-23(20)21/h1-15,28H,16-18H2. The van der Waals surface area contributed by atoms with Gasteiger partial charge in [0.15, 0.2) is 0 Å². The van der Waals surface area contributed by atoms with Crippen LogP contribution in [-0.2, 0) is 19.6 Å². The molecule has 0 aliphatic heterocycles. The Labute approximate surface area is 174 Å². The summed E-state index contributed by atoms with van der Waals surface area (Å²) >= 11 is 0. The number of nitrogens with one attached hydrogen (secondary N) is 1. The van der Waals surface area contributed by atoms with Crippen molar-refractivity contribution < 1.29 is 4.39 Å². The van der Waals surface area contributed by atoms with Crippen LogP contribution in [0.2, 0.25) is 0 Å². The zero-order valence-corrected chi connectivity index (χ0v) is 16.6. The maximum atomic E-state index is 13.3. The van der Waals surface area contributed by atoms with Crippen molar-refractivity contribution in [2.45, 2.75) is 19.6 Å². The van der Waals surface area contributed by atoms with Gasteiger partial charge < -0.3 is 9.88 Å². The fraction of sp³-hybridized carbons (Fsp3) is 0.115. The lowest BCUT2D eigenvalue weighted by Crippen LogP contribution is -2.17. The summed E-state index contributed by atoms with van der Waals surface area (Å²) in [5.74, 6) is 0.756. The molecule has 0 unspecified atom stereocenters. The van der Waals surface area contributed by atoms with Crippen LogP contribution in [0.5, 0.6) is 0 Å². The number of halogens is 1. The molecule has 1 N–H and O–H groups in total. The van der Waals surface area contributed by atoms with Gasteiger partial charge in [-0.25, -0.2) is 9.37 Å². The van der Waals surface area contributed by atoms with E-state index in [1.54, 1.807) is 0 Å². The summed E-state index contributed by atoms with van der Waals surface area (Å²) in [4.78, 5) is 4.85. The summed E-state index contributed by atoms with van der Waals surface area (Å²) in [7, 11) is 0. The molecule has 148 valence electrons. The minimum atomic E-state index is -0.216. The van der Waals surface area contributed by atoms with Gasteiger partial charge in [0.2, 0.25) is 0 Å². The number of benzene rings is 4. The van der Waals surface area contributed by atoms with Crippen LogP contribution in [0.25, 0.3) is 21.8 Å². The second-order valence-electron chi connectivity index (χ2n) is 7.47. The second kappa shape index (κ2) is 8.09. The number of aromatic nitrogens is 2. The van der Waals surface area contributed by atoms with Gasteiger partial charge in [-0.2, -0.15) is 0 Å². The maximum Gasteiger partial charge on any atom is 0.124 e. The highest BCUT2D eigenvalue weighted by Gasteiger charge is 2.11. The molecule has 0 spiro atoms. The lowest BCUT2D eigenvalue weighted by atomic mass is 10.0. The molecule has 0 radical (unpaired) electrons. The summed E-state index contributed by atoms with van der Waals surface area (Å²) in [5.41, 5.74) is 4.38. The van der Waals surface area contributed by atoms with Gasteiger partial charge in [-0.3, -0.25) is 0 Å². The molecule has 0 fully saturated rings. The highest BCUT2D eigenvalue weighted by atomic mass is 19.1. The number of hydrogen-bond donors (Lipinski definition) is 1. The van der Waals surface area contributed by atoms with E-state index in [9.17, 15) is 4.39 Å². The molecule has 4 heteroatoms. The number of para-hydroxylation sites is 2. The van der Waals surface area contributed by atoms with Crippen molar-refractivity contribution in [2.24, 2.45) is 0 Å². The van der Waals surface area contributed by atoms with E-state index >= 15 is 0 Å². The SMILES string of the molecule is Fc1ccc(Cn2c(CNCc3cccc4ccccc34)nc3ccccc32)cc1. The summed E-state index contributed by atoms with van der Waals surface area (Å²) < 4.78 is 15.5. The Hall–Kier alpha value is -3.50. The Morgan fingerprint density at radius 3 is 2.43 bits per heavy atom. The van der Waals surface area contributed by atoms with Crippen LogP contribution in [0.3, 0.4) is 0 Å². The van der Waals surface area contributed by atoms with Crippen molar-refractivity contribution in [1.82, 2.24) is 14.9 Å². The van der Waals surface area contributed by atoms with Crippen molar-refractivity contribution in [3.63, 3.8) is 0 Å². The Kier molecular flexibility index (Phi) is 4.99. The van der Waals surface area contributed by atoms with E-state index in [0.717, 1.165) is 29.0 Å². The van der Waals surface area contributed by atoms with Crippen molar-refractivity contribution in [3.05, 3.63) is 114 Å². The summed E-state index contributed by atoms with van der Waals surface area (Å²) in [6, 6.07) is 29.7. The van der Waals surface area contributed by atoms with E-state index in [2.05, 4.69) is 58.4 Å². The van der Waals surface area contributed by atoms with Crippen LogP contribution in [0.15, 0.2) is 91.0 Å². The Morgan fingerprint density at radius 1 is 0.767 bits per heavy atom. The van der Waals surface area contributed by atoms with E-state index in [1.165, 1.54) is 28.5 Å². The quantitative estimate of drug-likeness (QED) is 0.402. The third-order valence-electron chi connectivity index (χ3n) is 5.47. The van der Waals surface area contributed by atoms with Gasteiger partial charge in [0.05, 0.1) is 17.6 Å². The lowest BCUT2D eigenvalue weighted by molar-refractivity contribution is 0.621. The summed E-state index contributed by atoms with van der Waals surface area (Å²) in [5, 5.41) is 6.08. The van der Waals surface area contributed by atoms with Crippen LogP contribution in [-0.4, -0.2) is 9.55 Å². The molecule has 0 saturated heterocycles. The number of nitrogens with zero attached hydrogens (tertiary/aromatic N) is 2. The number of hydrogen-bond acceptors (Lipinski definition) is 2. The first-order valence-electron chi connectivity index (χ1n) is 10.1. The monoisotopic (exact) mass is 395 g/mol. The van der Waals surface area contributed by atoms with Gasteiger partial charge in [-0.15, -0.1) is 0 Å². The van der Waals surface area contributed by atoms with E-state index in [-0.39, 0.29) is 5.82 Å². The molecule has 5 aromatic rings. The molecule has 4 aromatic carbocycles. The van der Waals surface area contributed by atoms with Gasteiger partial charge in [-0.1, -0.05) is 66.7 Å². The summed E-state index contributed by atoms with van der Waals surface area (Å²) in [6.07, 6.45) is 0. The average Bonchev–Trinajstić information content (AvgIpc) is 3.13. The van der Waals surface area contributed by atoms with E-state index < -0.39 is 0 Å². The lowest BCUT2D eigenvalue weighted by Gasteiger charge is -2.11. The highest BCUT2D eigenvalue weighted by molar-refractivity contribution is 5.85. The molecule has 0 amide bonds. The van der Waals surface area contributed by atoms with Crippen LogP contribution in [0.1, 0.15) is 17.0 Å². The first-order chi connectivity index (χ1) is 14.8. The van der Waals surface area contributed by atoms with Gasteiger partial charge in [-0.05, 0) is 46.2 Å². The second-order valence-corrected chi connectivity index (χ2v) is 7.47. The van der Waals surface area contributed by atoms with Crippen LogP contribution in [0.4, 0.5) is 4.39 Å². The third kappa shape index (κ3) is 3.70. The fourth-order valence-corrected chi connectivity index (χ4v) is 3.96. The largest absolute Gasteiger partial charge is 0.322 e. The molecule has 1 heterocycles. The molecule has 1 aromatic heterocycles. The Bertz CT molecular complexity index is 1300. The predicted molar refractivity (Wildman–Crippen MR) is 120 cm³/mol. The van der Waals surface area contributed by atoms with Gasteiger partial charge >= 0.3 is 0 Å². The molecular weight excluding hydrogens is 373 g/mol. The number of rotatable bonds is 6. The Morgan fingerprint density at radius 2 is 1.53 bits per heavy atom. The van der Waals surface area contributed by atoms with Gasteiger partial charge in [0.25, 0.3) is 0 Å². The zero-order valence-electron chi connectivity index (χ0n) is 16.6. The molecule has 0 saturated carbocycles. The van der Waals surface area contributed by atoms with Gasteiger partial charge in [0.1, 0.15) is 11.6 Å².